The van der Waals surface area contributed by atoms with Crippen molar-refractivity contribution in [1.82, 2.24) is 20.1 Å². The average molecular weight is 370 g/mol. The Morgan fingerprint density at radius 2 is 2.04 bits per heavy atom. The van der Waals surface area contributed by atoms with E-state index in [4.69, 9.17) is 4.42 Å². The van der Waals surface area contributed by atoms with Crippen LogP contribution in [0.15, 0.2) is 58.3 Å². The maximum atomic E-state index is 12.1. The van der Waals surface area contributed by atoms with Crippen molar-refractivity contribution < 1.29 is 9.21 Å². The smallest absolute Gasteiger partial charge is 0.230 e. The van der Waals surface area contributed by atoms with Gasteiger partial charge in [0.1, 0.15) is 0 Å². The summed E-state index contributed by atoms with van der Waals surface area (Å²) in [7, 11) is 0. The fraction of sp³-hybridized carbons (Fsp3) is 0.316. The summed E-state index contributed by atoms with van der Waals surface area (Å²) < 4.78 is 7.47. The fourth-order valence-corrected chi connectivity index (χ4v) is 3.19. The van der Waals surface area contributed by atoms with Gasteiger partial charge in [0.25, 0.3) is 0 Å². The molecule has 7 heteroatoms. The molecule has 3 rings (SSSR count). The van der Waals surface area contributed by atoms with Crippen LogP contribution in [0.25, 0.3) is 11.6 Å². The fourth-order valence-electron chi connectivity index (χ4n) is 2.44. The summed E-state index contributed by atoms with van der Waals surface area (Å²) >= 11 is 1.38. The van der Waals surface area contributed by atoms with Gasteiger partial charge in [-0.15, -0.1) is 10.2 Å². The van der Waals surface area contributed by atoms with Gasteiger partial charge in [-0.1, -0.05) is 49.0 Å². The van der Waals surface area contributed by atoms with Crippen molar-refractivity contribution in [1.29, 1.82) is 0 Å². The van der Waals surface area contributed by atoms with Crippen molar-refractivity contribution >= 4 is 17.7 Å². The van der Waals surface area contributed by atoms with Crippen LogP contribution in [0.1, 0.15) is 25.8 Å². The highest BCUT2D eigenvalue weighted by Crippen LogP contribution is 2.25. The maximum absolute atomic E-state index is 12.1. The van der Waals surface area contributed by atoms with Crippen LogP contribution in [-0.2, 0) is 11.3 Å². The van der Waals surface area contributed by atoms with Gasteiger partial charge < -0.3 is 9.73 Å². The van der Waals surface area contributed by atoms with Gasteiger partial charge in [-0.05, 0) is 31.0 Å². The third kappa shape index (κ3) is 4.54. The minimum Gasteiger partial charge on any atom is -0.461 e. The number of furan rings is 1. The second kappa shape index (κ2) is 8.71. The molecule has 2 aromatic heterocycles. The molecule has 0 saturated heterocycles. The molecule has 6 nitrogen and oxygen atoms in total. The number of thioether (sulfide) groups is 1. The van der Waals surface area contributed by atoms with Crippen LogP contribution in [0, 0.1) is 0 Å². The number of amides is 1. The molecule has 0 aliphatic rings. The Balaban J connectivity index is 1.80. The van der Waals surface area contributed by atoms with Crippen LogP contribution in [0.3, 0.4) is 0 Å². The van der Waals surface area contributed by atoms with Crippen LogP contribution >= 0.6 is 11.8 Å². The van der Waals surface area contributed by atoms with E-state index in [1.165, 1.54) is 11.8 Å². The van der Waals surface area contributed by atoms with E-state index in [0.29, 0.717) is 29.0 Å². The molecule has 0 aliphatic heterocycles. The van der Waals surface area contributed by atoms with E-state index < -0.39 is 0 Å². The van der Waals surface area contributed by atoms with Crippen molar-refractivity contribution in [2.45, 2.75) is 38.0 Å². The minimum absolute atomic E-state index is 0.00170. The predicted molar refractivity (Wildman–Crippen MR) is 102 cm³/mol. The molecule has 136 valence electrons. The van der Waals surface area contributed by atoms with E-state index in [0.717, 1.165) is 12.0 Å². The monoisotopic (exact) mass is 370 g/mol. The number of benzene rings is 1. The quantitative estimate of drug-likeness (QED) is 0.614. The number of nitrogens with one attached hydrogen (secondary N) is 1. The zero-order valence-electron chi connectivity index (χ0n) is 14.9. The second-order valence-electron chi connectivity index (χ2n) is 6.02. The van der Waals surface area contributed by atoms with Crippen molar-refractivity contribution in [3.8, 4) is 11.6 Å². The van der Waals surface area contributed by atoms with Crippen molar-refractivity contribution in [2.75, 3.05) is 5.75 Å². The maximum Gasteiger partial charge on any atom is 0.230 e. The lowest BCUT2D eigenvalue weighted by Gasteiger charge is -2.12. The van der Waals surface area contributed by atoms with E-state index in [9.17, 15) is 4.79 Å². The van der Waals surface area contributed by atoms with E-state index >= 15 is 0 Å². The first-order chi connectivity index (χ1) is 12.7. The molecule has 0 spiro atoms. The van der Waals surface area contributed by atoms with Crippen molar-refractivity contribution in [3.63, 3.8) is 0 Å². The average Bonchev–Trinajstić information content (AvgIpc) is 3.30. The summed E-state index contributed by atoms with van der Waals surface area (Å²) in [5.41, 5.74) is 1.13. The zero-order chi connectivity index (χ0) is 18.4. The molecule has 1 atom stereocenters. The largest absolute Gasteiger partial charge is 0.461 e. The molecule has 0 saturated carbocycles. The first-order valence-corrected chi connectivity index (χ1v) is 9.59. The number of aromatic nitrogens is 3. The first-order valence-electron chi connectivity index (χ1n) is 8.60. The number of rotatable bonds is 8. The Morgan fingerprint density at radius 1 is 1.23 bits per heavy atom. The number of carbonyl (C=O) groups excluding carboxylic acids is 1. The lowest BCUT2D eigenvalue weighted by atomic mass is 10.2. The van der Waals surface area contributed by atoms with Gasteiger partial charge >= 0.3 is 0 Å². The van der Waals surface area contributed by atoms with Crippen molar-refractivity contribution in [2.24, 2.45) is 0 Å². The standard InChI is InChI=1S/C19H22N4O2S/c1-3-14(2)20-17(24)13-26-19-22-21-18(16-10-7-11-25-16)23(19)12-15-8-5-4-6-9-15/h4-11,14H,3,12-13H2,1-2H3,(H,20,24)/t14-/m0/s1. The first kappa shape index (κ1) is 18.3. The van der Waals surface area contributed by atoms with Crippen LogP contribution in [0.5, 0.6) is 0 Å². The van der Waals surface area contributed by atoms with Gasteiger partial charge in [-0.3, -0.25) is 9.36 Å². The second-order valence-corrected chi connectivity index (χ2v) is 6.96. The van der Waals surface area contributed by atoms with Gasteiger partial charge in [0.15, 0.2) is 10.9 Å². The topological polar surface area (TPSA) is 73.0 Å². The van der Waals surface area contributed by atoms with Crippen LogP contribution in [-0.4, -0.2) is 32.5 Å². The summed E-state index contributed by atoms with van der Waals surface area (Å²) in [6.45, 7) is 4.65. The molecular formula is C19H22N4O2S. The SMILES string of the molecule is CC[C@H](C)NC(=O)CSc1nnc(-c2ccco2)n1Cc1ccccc1. The molecule has 1 aromatic carbocycles. The highest BCUT2D eigenvalue weighted by molar-refractivity contribution is 7.99. The zero-order valence-corrected chi connectivity index (χ0v) is 15.7. The Labute approximate surface area is 157 Å². The summed E-state index contributed by atoms with van der Waals surface area (Å²) in [4.78, 5) is 12.1. The van der Waals surface area contributed by atoms with E-state index in [-0.39, 0.29) is 11.9 Å². The van der Waals surface area contributed by atoms with Gasteiger partial charge in [-0.25, -0.2) is 0 Å². The Bertz CT molecular complexity index is 831. The molecule has 0 fully saturated rings. The lowest BCUT2D eigenvalue weighted by Crippen LogP contribution is -2.33. The Hall–Kier alpha value is -2.54. The van der Waals surface area contributed by atoms with Crippen LogP contribution in [0.4, 0.5) is 0 Å². The molecule has 0 radical (unpaired) electrons. The number of hydrogen-bond acceptors (Lipinski definition) is 5. The molecule has 26 heavy (non-hydrogen) atoms. The normalized spacial score (nSPS) is 12.1. The summed E-state index contributed by atoms with van der Waals surface area (Å²) in [5.74, 6) is 1.61. The molecule has 0 unspecified atom stereocenters. The minimum atomic E-state index is -0.00170. The van der Waals surface area contributed by atoms with Crippen molar-refractivity contribution in [3.05, 3.63) is 54.3 Å². The summed E-state index contributed by atoms with van der Waals surface area (Å²) in [5, 5.41) is 12.2. The molecule has 1 amide bonds. The van der Waals surface area contributed by atoms with E-state index in [1.54, 1.807) is 6.26 Å². The third-order valence-electron chi connectivity index (χ3n) is 3.99. The molecule has 3 aromatic rings. The molecule has 0 aliphatic carbocycles. The third-order valence-corrected chi connectivity index (χ3v) is 4.96. The number of carbonyl (C=O) groups is 1. The highest BCUT2D eigenvalue weighted by atomic mass is 32.2. The molecular weight excluding hydrogens is 348 g/mol. The summed E-state index contributed by atoms with van der Waals surface area (Å²) in [6, 6.07) is 13.9. The van der Waals surface area contributed by atoms with Gasteiger partial charge in [-0.2, -0.15) is 0 Å². The Morgan fingerprint density at radius 3 is 2.73 bits per heavy atom. The molecule has 2 heterocycles. The van der Waals surface area contributed by atoms with E-state index in [1.807, 2.05) is 48.7 Å². The highest BCUT2D eigenvalue weighted by Gasteiger charge is 2.18. The molecule has 1 N–H and O–H groups in total. The Kier molecular flexibility index (Phi) is 6.12. The number of hydrogen-bond donors (Lipinski definition) is 1. The predicted octanol–water partition coefficient (Wildman–Crippen LogP) is 3.59. The van der Waals surface area contributed by atoms with Gasteiger partial charge in [0.05, 0.1) is 18.6 Å². The molecule has 0 bridgehead atoms. The number of nitrogens with zero attached hydrogens (tertiary/aromatic N) is 3. The van der Waals surface area contributed by atoms with Crippen LogP contribution in [0.2, 0.25) is 0 Å². The summed E-state index contributed by atoms with van der Waals surface area (Å²) in [6.07, 6.45) is 2.52. The van der Waals surface area contributed by atoms with Crippen LogP contribution < -0.4 is 5.32 Å². The van der Waals surface area contributed by atoms with Gasteiger partial charge in [0.2, 0.25) is 11.7 Å². The lowest BCUT2D eigenvalue weighted by molar-refractivity contribution is -0.119. The van der Waals surface area contributed by atoms with E-state index in [2.05, 4.69) is 27.6 Å². The van der Waals surface area contributed by atoms with Gasteiger partial charge in [0, 0.05) is 6.04 Å².